The molecule has 0 rings (SSSR count). The molecule has 0 atom stereocenters. The Morgan fingerprint density at radius 3 is 2.00 bits per heavy atom. The van der Waals surface area contributed by atoms with Gasteiger partial charge in [-0.25, -0.2) is 0 Å². The second kappa shape index (κ2) is 2.86. The molecule has 0 aromatic carbocycles. The van der Waals surface area contributed by atoms with E-state index in [1.165, 1.54) is 7.11 Å². The van der Waals surface area contributed by atoms with Crippen LogP contribution in [0.4, 0.5) is 0 Å². The van der Waals surface area contributed by atoms with E-state index < -0.39 is 5.41 Å². The van der Waals surface area contributed by atoms with Gasteiger partial charge < -0.3 is 4.74 Å². The van der Waals surface area contributed by atoms with Gasteiger partial charge in [0.2, 0.25) is 0 Å². The lowest BCUT2D eigenvalue weighted by Crippen LogP contribution is -2.26. The Balaban J connectivity index is 4.40. The van der Waals surface area contributed by atoms with Crippen LogP contribution in [-0.4, -0.2) is 13.1 Å². The first kappa shape index (κ1) is 9.21. The first-order valence-corrected chi connectivity index (χ1v) is 3.17. The summed E-state index contributed by atoms with van der Waals surface area (Å²) < 4.78 is 4.58. The molecule has 58 valence electrons. The lowest BCUT2D eigenvalue weighted by atomic mass is 9.86. The van der Waals surface area contributed by atoms with Crippen molar-refractivity contribution in [2.45, 2.75) is 20.8 Å². The SMILES string of the molecule is C=C(C)C(C)(C)C(=O)OC. The molecular weight excluding hydrogens is 128 g/mol. The third-order valence-electron chi connectivity index (χ3n) is 1.76. The molecule has 0 bridgehead atoms. The molecule has 0 aliphatic carbocycles. The zero-order valence-electron chi connectivity index (χ0n) is 7.02. The van der Waals surface area contributed by atoms with E-state index in [-0.39, 0.29) is 5.97 Å². The number of carbonyl (C=O) groups excluding carboxylic acids is 1. The summed E-state index contributed by atoms with van der Waals surface area (Å²) in [7, 11) is 1.38. The largest absolute Gasteiger partial charge is 0.468 e. The third kappa shape index (κ3) is 1.59. The lowest BCUT2D eigenvalue weighted by molar-refractivity contribution is -0.148. The molecule has 0 aliphatic heterocycles. The first-order chi connectivity index (χ1) is 4.42. The molecular formula is C8H14O2. The number of rotatable bonds is 2. The summed E-state index contributed by atoms with van der Waals surface area (Å²) in [5, 5.41) is 0. The van der Waals surface area contributed by atoms with Crippen LogP contribution in [0.15, 0.2) is 12.2 Å². The Morgan fingerprint density at radius 1 is 1.50 bits per heavy atom. The third-order valence-corrected chi connectivity index (χ3v) is 1.76. The van der Waals surface area contributed by atoms with E-state index in [2.05, 4.69) is 11.3 Å². The normalized spacial score (nSPS) is 10.8. The van der Waals surface area contributed by atoms with Crippen LogP contribution < -0.4 is 0 Å². The summed E-state index contributed by atoms with van der Waals surface area (Å²) in [4.78, 5) is 11.0. The van der Waals surface area contributed by atoms with Gasteiger partial charge in [-0.15, -0.1) is 0 Å². The van der Waals surface area contributed by atoms with Gasteiger partial charge in [0.1, 0.15) is 0 Å². The van der Waals surface area contributed by atoms with E-state index in [0.29, 0.717) is 0 Å². The van der Waals surface area contributed by atoms with Gasteiger partial charge in [-0.1, -0.05) is 12.2 Å². The van der Waals surface area contributed by atoms with Crippen LogP contribution >= 0.6 is 0 Å². The first-order valence-electron chi connectivity index (χ1n) is 3.17. The summed E-state index contributed by atoms with van der Waals surface area (Å²) in [5.41, 5.74) is 0.272. The molecule has 0 radical (unpaired) electrons. The average molecular weight is 142 g/mol. The molecule has 0 amide bonds. The average Bonchev–Trinajstić information content (AvgIpc) is 1.86. The van der Waals surface area contributed by atoms with Crippen molar-refractivity contribution in [3.05, 3.63) is 12.2 Å². The fourth-order valence-corrected chi connectivity index (χ4v) is 0.429. The quantitative estimate of drug-likeness (QED) is 0.434. The van der Waals surface area contributed by atoms with Crippen molar-refractivity contribution >= 4 is 5.97 Å². The zero-order chi connectivity index (χ0) is 8.36. The summed E-state index contributed by atoms with van der Waals surface area (Å²) >= 11 is 0. The Kier molecular flexibility index (Phi) is 2.64. The number of hydrogen-bond donors (Lipinski definition) is 0. The minimum atomic E-state index is -0.547. The van der Waals surface area contributed by atoms with Crippen molar-refractivity contribution in [3.63, 3.8) is 0 Å². The highest BCUT2D eigenvalue weighted by molar-refractivity contribution is 5.79. The molecule has 0 fully saturated rings. The van der Waals surface area contributed by atoms with Crippen LogP contribution in [0.3, 0.4) is 0 Å². The summed E-state index contributed by atoms with van der Waals surface area (Å²) in [5.74, 6) is -0.236. The highest BCUT2D eigenvalue weighted by Crippen LogP contribution is 2.25. The Labute approximate surface area is 61.9 Å². The fourth-order valence-electron chi connectivity index (χ4n) is 0.429. The second-order valence-electron chi connectivity index (χ2n) is 2.90. The van der Waals surface area contributed by atoms with Crippen molar-refractivity contribution in [1.82, 2.24) is 0 Å². The maximum atomic E-state index is 11.0. The Bertz CT molecular complexity index is 157. The van der Waals surface area contributed by atoms with Crippen LogP contribution in [0.5, 0.6) is 0 Å². The van der Waals surface area contributed by atoms with E-state index >= 15 is 0 Å². The van der Waals surface area contributed by atoms with Crippen molar-refractivity contribution < 1.29 is 9.53 Å². The van der Waals surface area contributed by atoms with Gasteiger partial charge in [-0.2, -0.15) is 0 Å². The predicted octanol–water partition coefficient (Wildman–Crippen LogP) is 1.76. The summed E-state index contributed by atoms with van der Waals surface area (Å²) in [6, 6.07) is 0. The van der Waals surface area contributed by atoms with Crippen LogP contribution in [-0.2, 0) is 9.53 Å². The second-order valence-corrected chi connectivity index (χ2v) is 2.90. The zero-order valence-corrected chi connectivity index (χ0v) is 7.02. The van der Waals surface area contributed by atoms with Crippen molar-refractivity contribution in [1.29, 1.82) is 0 Å². The van der Waals surface area contributed by atoms with Gasteiger partial charge in [0, 0.05) is 0 Å². The number of carbonyl (C=O) groups is 1. The molecule has 10 heavy (non-hydrogen) atoms. The maximum absolute atomic E-state index is 11.0. The van der Waals surface area contributed by atoms with E-state index in [1.807, 2.05) is 6.92 Å². The van der Waals surface area contributed by atoms with Gasteiger partial charge in [0.05, 0.1) is 12.5 Å². The Morgan fingerprint density at radius 2 is 1.90 bits per heavy atom. The minimum Gasteiger partial charge on any atom is -0.468 e. The molecule has 2 heteroatoms. The van der Waals surface area contributed by atoms with Gasteiger partial charge in [-0.3, -0.25) is 4.79 Å². The molecule has 0 heterocycles. The van der Waals surface area contributed by atoms with Gasteiger partial charge in [-0.05, 0) is 20.8 Å². The van der Waals surface area contributed by atoms with Gasteiger partial charge >= 0.3 is 5.97 Å². The molecule has 0 aromatic rings. The molecule has 0 unspecified atom stereocenters. The molecule has 0 N–H and O–H groups in total. The number of esters is 1. The lowest BCUT2D eigenvalue weighted by Gasteiger charge is -2.20. The molecule has 0 spiro atoms. The topological polar surface area (TPSA) is 26.3 Å². The summed E-state index contributed by atoms with van der Waals surface area (Å²) in [6.07, 6.45) is 0. The molecule has 0 saturated heterocycles. The van der Waals surface area contributed by atoms with Crippen LogP contribution in [0.25, 0.3) is 0 Å². The van der Waals surface area contributed by atoms with Gasteiger partial charge in [0.25, 0.3) is 0 Å². The van der Waals surface area contributed by atoms with Gasteiger partial charge in [0.15, 0.2) is 0 Å². The minimum absolute atomic E-state index is 0.236. The van der Waals surface area contributed by atoms with Crippen molar-refractivity contribution in [2.24, 2.45) is 5.41 Å². The van der Waals surface area contributed by atoms with Crippen LogP contribution in [0, 0.1) is 5.41 Å². The van der Waals surface area contributed by atoms with E-state index in [4.69, 9.17) is 0 Å². The molecule has 0 aromatic heterocycles. The predicted molar refractivity (Wildman–Crippen MR) is 40.6 cm³/mol. The number of methoxy groups -OCH3 is 1. The standard InChI is InChI=1S/C8H14O2/c1-6(2)8(3,4)7(9)10-5/h1H2,2-5H3. The molecule has 2 nitrogen and oxygen atoms in total. The highest BCUT2D eigenvalue weighted by atomic mass is 16.5. The highest BCUT2D eigenvalue weighted by Gasteiger charge is 2.28. The fraction of sp³-hybridized carbons (Fsp3) is 0.625. The molecule has 0 aliphatic rings. The Hall–Kier alpha value is -0.790. The number of ether oxygens (including phenoxy) is 1. The monoisotopic (exact) mass is 142 g/mol. The van der Waals surface area contributed by atoms with Crippen LogP contribution in [0.2, 0.25) is 0 Å². The smallest absolute Gasteiger partial charge is 0.315 e. The van der Waals surface area contributed by atoms with E-state index in [0.717, 1.165) is 5.57 Å². The summed E-state index contributed by atoms with van der Waals surface area (Å²) in [6.45, 7) is 9.10. The van der Waals surface area contributed by atoms with Crippen molar-refractivity contribution in [2.75, 3.05) is 7.11 Å². The number of hydrogen-bond acceptors (Lipinski definition) is 2. The van der Waals surface area contributed by atoms with Crippen molar-refractivity contribution in [3.8, 4) is 0 Å². The van der Waals surface area contributed by atoms with E-state index in [9.17, 15) is 4.79 Å². The van der Waals surface area contributed by atoms with Crippen LogP contribution in [0.1, 0.15) is 20.8 Å². The van der Waals surface area contributed by atoms with E-state index in [1.54, 1.807) is 13.8 Å². The maximum Gasteiger partial charge on any atom is 0.315 e. The molecule has 0 saturated carbocycles.